The third kappa shape index (κ3) is 2.95. The van der Waals surface area contributed by atoms with Gasteiger partial charge in [0.05, 0.1) is 24.4 Å². The van der Waals surface area contributed by atoms with E-state index in [0.29, 0.717) is 23.1 Å². The van der Waals surface area contributed by atoms with Crippen molar-refractivity contribution in [3.8, 4) is 0 Å². The van der Waals surface area contributed by atoms with Crippen LogP contribution in [0.3, 0.4) is 0 Å². The Labute approximate surface area is 134 Å². The van der Waals surface area contributed by atoms with Gasteiger partial charge in [-0.1, -0.05) is 11.6 Å². The van der Waals surface area contributed by atoms with Crippen molar-refractivity contribution in [2.75, 3.05) is 6.61 Å². The number of rotatable bonds is 5. The second-order valence-corrected chi connectivity index (χ2v) is 5.52. The Hall–Kier alpha value is -2.01. The molecule has 0 amide bonds. The van der Waals surface area contributed by atoms with Gasteiger partial charge in [0.15, 0.2) is 0 Å². The number of carbonyl (C=O) groups is 2. The zero-order valence-electron chi connectivity index (χ0n) is 13.1. The summed E-state index contributed by atoms with van der Waals surface area (Å²) in [5.74, 6) is -0.423. The van der Waals surface area contributed by atoms with E-state index in [0.717, 1.165) is 11.3 Å². The minimum atomic E-state index is -0.302. The van der Waals surface area contributed by atoms with Crippen LogP contribution in [0.1, 0.15) is 34.4 Å². The average Bonchev–Trinajstić information content (AvgIpc) is 2.91. The molecule has 0 fully saturated rings. The summed E-state index contributed by atoms with van der Waals surface area (Å²) in [6.07, 6.45) is 0.145. The summed E-state index contributed by atoms with van der Waals surface area (Å²) in [5.41, 5.74) is 2.64. The van der Waals surface area contributed by atoms with Crippen molar-refractivity contribution in [2.24, 2.45) is 14.1 Å². The predicted molar refractivity (Wildman–Crippen MR) is 84.3 cm³/mol. The van der Waals surface area contributed by atoms with Crippen LogP contribution >= 0.6 is 11.6 Å². The fraction of sp³-hybridized carbons (Fsp3) is 0.375. The summed E-state index contributed by atoms with van der Waals surface area (Å²) < 4.78 is 8.34. The van der Waals surface area contributed by atoms with Crippen molar-refractivity contribution in [3.05, 3.63) is 46.0 Å². The van der Waals surface area contributed by atoms with Gasteiger partial charge >= 0.3 is 5.97 Å². The van der Waals surface area contributed by atoms with E-state index < -0.39 is 0 Å². The van der Waals surface area contributed by atoms with Crippen molar-refractivity contribution in [1.82, 2.24) is 9.13 Å². The number of aromatic nitrogens is 2. The van der Waals surface area contributed by atoms with Gasteiger partial charge in [0.1, 0.15) is 5.15 Å². The molecule has 2 aromatic rings. The maximum Gasteiger partial charge on any atom is 0.311 e. The molecule has 0 aromatic carbocycles. The molecule has 0 radical (unpaired) electrons. The number of aryl methyl sites for hydroxylation is 1. The lowest BCUT2D eigenvalue weighted by Gasteiger charge is -2.09. The standard InChI is InChI=1S/C16H19ClN2O3/c1-5-22-14(20)9-11-8-10(2)15(18(11)3)16(21)12-6-7-13(17)19(12)4/h6-8H,5,9H2,1-4H3. The second kappa shape index (κ2) is 6.40. The molecule has 2 aromatic heterocycles. The van der Waals surface area contributed by atoms with Gasteiger partial charge in [0, 0.05) is 19.8 Å². The van der Waals surface area contributed by atoms with Gasteiger partial charge in [-0.05, 0) is 37.6 Å². The van der Waals surface area contributed by atoms with E-state index in [4.69, 9.17) is 16.3 Å². The van der Waals surface area contributed by atoms with Crippen molar-refractivity contribution >= 4 is 23.4 Å². The zero-order valence-corrected chi connectivity index (χ0v) is 13.9. The predicted octanol–water partition coefficient (Wildman–Crippen LogP) is 2.66. The lowest BCUT2D eigenvalue weighted by molar-refractivity contribution is -0.142. The maximum absolute atomic E-state index is 12.7. The number of carbonyl (C=O) groups excluding carboxylic acids is 2. The zero-order chi connectivity index (χ0) is 16.4. The highest BCUT2D eigenvalue weighted by Crippen LogP contribution is 2.21. The van der Waals surface area contributed by atoms with Crippen LogP contribution in [-0.2, 0) is 30.0 Å². The number of hydrogen-bond acceptors (Lipinski definition) is 3. The first kappa shape index (κ1) is 16.4. The molecule has 0 atom stereocenters. The topological polar surface area (TPSA) is 53.2 Å². The molecule has 0 saturated heterocycles. The van der Waals surface area contributed by atoms with Crippen LogP contribution in [0.5, 0.6) is 0 Å². The molecule has 6 heteroatoms. The van der Waals surface area contributed by atoms with Crippen LogP contribution in [0.25, 0.3) is 0 Å². The van der Waals surface area contributed by atoms with E-state index in [2.05, 4.69) is 0 Å². The van der Waals surface area contributed by atoms with Crippen LogP contribution in [0.2, 0.25) is 5.15 Å². The molecule has 0 aliphatic carbocycles. The normalized spacial score (nSPS) is 10.8. The van der Waals surface area contributed by atoms with E-state index in [-0.39, 0.29) is 18.2 Å². The minimum Gasteiger partial charge on any atom is -0.466 e. The Kier molecular flexibility index (Phi) is 4.76. The van der Waals surface area contributed by atoms with Crippen LogP contribution in [0.4, 0.5) is 0 Å². The van der Waals surface area contributed by atoms with Gasteiger partial charge in [-0.15, -0.1) is 0 Å². The number of hydrogen-bond donors (Lipinski definition) is 0. The molecule has 0 N–H and O–H groups in total. The first-order valence-corrected chi connectivity index (χ1v) is 7.41. The molecule has 0 bridgehead atoms. The van der Waals surface area contributed by atoms with Crippen LogP contribution in [-0.4, -0.2) is 27.5 Å². The molecular weight excluding hydrogens is 304 g/mol. The Morgan fingerprint density at radius 3 is 2.45 bits per heavy atom. The quantitative estimate of drug-likeness (QED) is 0.628. The smallest absolute Gasteiger partial charge is 0.311 e. The molecule has 118 valence electrons. The van der Waals surface area contributed by atoms with Crippen molar-refractivity contribution in [1.29, 1.82) is 0 Å². The molecule has 2 rings (SSSR count). The SMILES string of the molecule is CCOC(=O)Cc1cc(C)c(C(=O)c2ccc(Cl)n2C)n1C. The van der Waals surface area contributed by atoms with Gasteiger partial charge in [-0.25, -0.2) is 0 Å². The number of esters is 1. The largest absolute Gasteiger partial charge is 0.466 e. The van der Waals surface area contributed by atoms with Crippen molar-refractivity contribution in [2.45, 2.75) is 20.3 Å². The molecule has 0 aliphatic rings. The van der Waals surface area contributed by atoms with E-state index in [1.165, 1.54) is 0 Å². The fourth-order valence-electron chi connectivity index (χ4n) is 2.52. The molecular formula is C16H19ClN2O3. The molecule has 2 heterocycles. The fourth-order valence-corrected chi connectivity index (χ4v) is 2.67. The molecule has 0 unspecified atom stereocenters. The molecule has 22 heavy (non-hydrogen) atoms. The molecule has 0 saturated carbocycles. The lowest BCUT2D eigenvalue weighted by atomic mass is 10.1. The Morgan fingerprint density at radius 1 is 1.23 bits per heavy atom. The Bertz CT molecular complexity index is 728. The van der Waals surface area contributed by atoms with E-state index in [1.807, 2.05) is 13.0 Å². The van der Waals surface area contributed by atoms with E-state index in [9.17, 15) is 9.59 Å². The monoisotopic (exact) mass is 322 g/mol. The Morgan fingerprint density at radius 2 is 1.91 bits per heavy atom. The number of halogens is 1. The van der Waals surface area contributed by atoms with Gasteiger partial charge in [0.2, 0.25) is 5.78 Å². The van der Waals surface area contributed by atoms with Gasteiger partial charge < -0.3 is 13.9 Å². The highest BCUT2D eigenvalue weighted by atomic mass is 35.5. The van der Waals surface area contributed by atoms with Crippen LogP contribution < -0.4 is 0 Å². The van der Waals surface area contributed by atoms with Crippen molar-refractivity contribution < 1.29 is 14.3 Å². The van der Waals surface area contributed by atoms with E-state index in [1.54, 1.807) is 42.3 Å². The highest BCUT2D eigenvalue weighted by molar-refractivity contribution is 6.30. The van der Waals surface area contributed by atoms with Gasteiger partial charge in [-0.3, -0.25) is 9.59 Å². The summed E-state index contributed by atoms with van der Waals surface area (Å²) in [5, 5.41) is 0.502. The number of ether oxygens (including phenoxy) is 1. The minimum absolute atomic E-state index is 0.121. The summed E-state index contributed by atoms with van der Waals surface area (Å²) in [6.45, 7) is 3.96. The summed E-state index contributed by atoms with van der Waals surface area (Å²) >= 11 is 5.99. The molecule has 0 aliphatic heterocycles. The summed E-state index contributed by atoms with van der Waals surface area (Å²) in [4.78, 5) is 24.4. The maximum atomic E-state index is 12.7. The summed E-state index contributed by atoms with van der Waals surface area (Å²) in [7, 11) is 3.52. The summed E-state index contributed by atoms with van der Waals surface area (Å²) in [6, 6.07) is 5.23. The third-order valence-electron chi connectivity index (χ3n) is 3.66. The van der Waals surface area contributed by atoms with Crippen LogP contribution in [0.15, 0.2) is 18.2 Å². The molecule has 0 spiro atoms. The average molecular weight is 323 g/mol. The first-order chi connectivity index (χ1) is 10.4. The third-order valence-corrected chi connectivity index (χ3v) is 4.04. The first-order valence-electron chi connectivity index (χ1n) is 7.03. The lowest BCUT2D eigenvalue weighted by Crippen LogP contribution is -2.15. The van der Waals surface area contributed by atoms with Gasteiger partial charge in [0.25, 0.3) is 0 Å². The van der Waals surface area contributed by atoms with Crippen LogP contribution in [0, 0.1) is 6.92 Å². The van der Waals surface area contributed by atoms with Gasteiger partial charge in [-0.2, -0.15) is 0 Å². The second-order valence-electron chi connectivity index (χ2n) is 5.14. The van der Waals surface area contributed by atoms with Crippen molar-refractivity contribution in [3.63, 3.8) is 0 Å². The number of ketones is 1. The van der Waals surface area contributed by atoms with E-state index >= 15 is 0 Å². The Balaban J connectivity index is 2.36. The number of nitrogens with zero attached hydrogens (tertiary/aromatic N) is 2. The molecule has 5 nitrogen and oxygen atoms in total. The highest BCUT2D eigenvalue weighted by Gasteiger charge is 2.22.